The van der Waals surface area contributed by atoms with Crippen molar-refractivity contribution in [3.63, 3.8) is 0 Å². The molecule has 0 aliphatic rings. The summed E-state index contributed by atoms with van der Waals surface area (Å²) in [5, 5.41) is 1.23. The molecule has 0 aliphatic heterocycles. The molecule has 0 aliphatic carbocycles. The smallest absolute Gasteiger partial charge is 0.356 e. The molecule has 2 unspecified atom stereocenters. The van der Waals surface area contributed by atoms with Gasteiger partial charge in [0.2, 0.25) is 0 Å². The summed E-state index contributed by atoms with van der Waals surface area (Å²) >= 11 is 9.80. The predicted molar refractivity (Wildman–Crippen MR) is 144 cm³/mol. The maximum absolute atomic E-state index is 14.7. The number of aryl methyl sites for hydroxylation is 1. The Morgan fingerprint density at radius 2 is 1.83 bits per heavy atom. The van der Waals surface area contributed by atoms with Gasteiger partial charge in [-0.25, -0.2) is 13.0 Å². The van der Waals surface area contributed by atoms with E-state index in [1.165, 1.54) is 11.1 Å². The third-order valence-electron chi connectivity index (χ3n) is 5.36. The van der Waals surface area contributed by atoms with E-state index in [0.717, 1.165) is 5.56 Å². The first-order chi connectivity index (χ1) is 16.7. The summed E-state index contributed by atoms with van der Waals surface area (Å²) in [6.45, 7) is 3.61. The molecular weight excluding hydrogens is 573 g/mol. The van der Waals surface area contributed by atoms with Crippen molar-refractivity contribution in [1.82, 2.24) is 3.97 Å². The largest absolute Gasteiger partial charge is 0.461 e. The molecule has 4 aromatic rings. The van der Waals surface area contributed by atoms with Crippen LogP contribution in [0.2, 0.25) is 5.02 Å². The van der Waals surface area contributed by atoms with Gasteiger partial charge in [-0.1, -0.05) is 45.7 Å². The molecule has 0 radical (unpaired) electrons. The molecule has 2 atom stereocenters. The van der Waals surface area contributed by atoms with Crippen LogP contribution in [0.5, 0.6) is 0 Å². The number of benzene rings is 3. The summed E-state index contributed by atoms with van der Waals surface area (Å²) in [4.78, 5) is 13.9. The molecule has 0 fully saturated rings. The van der Waals surface area contributed by atoms with Crippen LogP contribution in [-0.2, 0) is 24.8 Å². The predicted octanol–water partition coefficient (Wildman–Crippen LogP) is 5.99. The molecule has 6 nitrogen and oxygen atoms in total. The van der Waals surface area contributed by atoms with E-state index in [0.29, 0.717) is 30.6 Å². The fraction of sp³-hybridized carbons (Fsp3) is 0.160. The van der Waals surface area contributed by atoms with Crippen molar-refractivity contribution in [1.29, 1.82) is 0 Å². The standard InChI is InChI=1S/C25H22BrClNO5PS/c1-4-33-25(29)23-24(34(30,32-3)19-13-16(2)12-17(26)14-19)21-15-18(27)10-11-22(21)28(23)35(31)20-8-6-5-7-9-20/h5-15H,4H2,1-3H3. The Hall–Kier alpha value is -2.22. The van der Waals surface area contributed by atoms with E-state index in [-0.39, 0.29) is 17.6 Å². The highest BCUT2D eigenvalue weighted by Gasteiger charge is 2.40. The van der Waals surface area contributed by atoms with Crippen molar-refractivity contribution in [2.45, 2.75) is 18.7 Å². The van der Waals surface area contributed by atoms with Gasteiger partial charge in [-0.3, -0.25) is 4.57 Å². The molecule has 3 aromatic carbocycles. The summed E-state index contributed by atoms with van der Waals surface area (Å²) in [6, 6.07) is 18.9. The lowest BCUT2D eigenvalue weighted by molar-refractivity contribution is 0.0520. The Morgan fingerprint density at radius 1 is 1.11 bits per heavy atom. The number of esters is 1. The second-order valence-electron chi connectivity index (χ2n) is 7.66. The van der Waals surface area contributed by atoms with Crippen LogP contribution in [0.15, 0.2) is 76.1 Å². The molecule has 0 saturated heterocycles. The normalized spacial score (nSPS) is 14.0. The number of aromatic nitrogens is 1. The number of ether oxygens (including phenoxy) is 1. The fourth-order valence-electron chi connectivity index (χ4n) is 3.92. The molecule has 35 heavy (non-hydrogen) atoms. The first-order valence-corrected chi connectivity index (χ1v) is 14.5. The van der Waals surface area contributed by atoms with Crippen molar-refractivity contribution in [3.8, 4) is 0 Å². The third-order valence-corrected chi connectivity index (χ3v) is 9.93. The Morgan fingerprint density at radius 3 is 2.46 bits per heavy atom. The third kappa shape index (κ3) is 4.78. The van der Waals surface area contributed by atoms with Crippen molar-refractivity contribution < 1.29 is 22.8 Å². The Balaban J connectivity index is 2.17. The summed E-state index contributed by atoms with van der Waals surface area (Å²) in [5.74, 6) is -0.761. The van der Waals surface area contributed by atoms with Crippen LogP contribution in [0, 0.1) is 6.92 Å². The zero-order chi connectivity index (χ0) is 25.3. The SMILES string of the molecule is CCOC(=O)c1c(P(=O)(OC)c2cc(C)cc(Br)c2)c2cc(Cl)ccc2n1S(=O)c1ccccc1. The van der Waals surface area contributed by atoms with E-state index in [2.05, 4.69) is 15.9 Å². The highest BCUT2D eigenvalue weighted by atomic mass is 79.9. The van der Waals surface area contributed by atoms with Crippen LogP contribution >= 0.6 is 34.9 Å². The second kappa shape index (κ2) is 10.4. The summed E-state index contributed by atoms with van der Waals surface area (Å²) < 4.78 is 41.7. The van der Waals surface area contributed by atoms with Crippen molar-refractivity contribution in [2.24, 2.45) is 0 Å². The number of halogens is 2. The number of fused-ring (bicyclic) bond motifs is 1. The first-order valence-electron chi connectivity index (χ1n) is 10.6. The highest BCUT2D eigenvalue weighted by molar-refractivity contribution is 9.10. The second-order valence-corrected chi connectivity index (χ2v) is 12.8. The first kappa shape index (κ1) is 25.9. The number of rotatable bonds is 7. The molecule has 182 valence electrons. The molecule has 0 amide bonds. The van der Waals surface area contributed by atoms with Gasteiger partial charge in [-0.2, -0.15) is 0 Å². The van der Waals surface area contributed by atoms with Gasteiger partial charge in [0.25, 0.3) is 7.37 Å². The monoisotopic (exact) mass is 593 g/mol. The van der Waals surface area contributed by atoms with Crippen LogP contribution in [0.4, 0.5) is 0 Å². The lowest BCUT2D eigenvalue weighted by atomic mass is 10.2. The van der Waals surface area contributed by atoms with Crippen molar-refractivity contribution in [3.05, 3.63) is 87.5 Å². The van der Waals surface area contributed by atoms with E-state index in [1.807, 2.05) is 13.0 Å². The zero-order valence-electron chi connectivity index (χ0n) is 19.2. The van der Waals surface area contributed by atoms with Gasteiger partial charge in [0.05, 0.1) is 22.3 Å². The van der Waals surface area contributed by atoms with Crippen LogP contribution in [-0.4, -0.2) is 27.9 Å². The summed E-state index contributed by atoms with van der Waals surface area (Å²) in [7, 11) is -4.43. The van der Waals surface area contributed by atoms with Gasteiger partial charge in [0.15, 0.2) is 16.7 Å². The van der Waals surface area contributed by atoms with E-state index in [4.69, 9.17) is 20.9 Å². The van der Waals surface area contributed by atoms with Crippen LogP contribution in [0.1, 0.15) is 23.0 Å². The number of carbonyl (C=O) groups is 1. The minimum absolute atomic E-state index is 0.0752. The Bertz CT molecular complexity index is 1480. The maximum Gasteiger partial charge on any atom is 0.356 e. The van der Waals surface area contributed by atoms with E-state index >= 15 is 0 Å². The fourth-order valence-corrected chi connectivity index (χ4v) is 8.52. The van der Waals surface area contributed by atoms with Gasteiger partial charge in [0, 0.05) is 27.3 Å². The van der Waals surface area contributed by atoms with Gasteiger partial charge in [0.1, 0.15) is 0 Å². The Kier molecular flexibility index (Phi) is 7.69. The lowest BCUT2D eigenvalue weighted by Crippen LogP contribution is -2.26. The molecule has 0 N–H and O–H groups in total. The molecular formula is C25H22BrClNO5PS. The van der Waals surface area contributed by atoms with Gasteiger partial charge in [-0.15, -0.1) is 0 Å². The lowest BCUT2D eigenvalue weighted by Gasteiger charge is -2.19. The minimum Gasteiger partial charge on any atom is -0.461 e. The average Bonchev–Trinajstić information content (AvgIpc) is 3.18. The van der Waals surface area contributed by atoms with Crippen LogP contribution in [0.25, 0.3) is 10.9 Å². The summed E-state index contributed by atoms with van der Waals surface area (Å²) in [5.41, 5.74) is 1.16. The number of hydrogen-bond donors (Lipinski definition) is 0. The Labute approximate surface area is 219 Å². The molecule has 1 heterocycles. The van der Waals surface area contributed by atoms with Gasteiger partial charge >= 0.3 is 5.97 Å². The average molecular weight is 595 g/mol. The maximum atomic E-state index is 14.7. The van der Waals surface area contributed by atoms with Gasteiger partial charge in [-0.05, 0) is 67.9 Å². The molecule has 4 rings (SSSR count). The molecule has 0 bridgehead atoms. The highest BCUT2D eigenvalue weighted by Crippen LogP contribution is 2.49. The number of nitrogens with zero attached hydrogens (tertiary/aromatic N) is 1. The topological polar surface area (TPSA) is 74.6 Å². The van der Waals surface area contributed by atoms with Crippen LogP contribution in [0.3, 0.4) is 0 Å². The number of carbonyl (C=O) groups excluding carboxylic acids is 1. The molecule has 1 aromatic heterocycles. The van der Waals surface area contributed by atoms with E-state index in [1.54, 1.807) is 67.6 Å². The van der Waals surface area contributed by atoms with Crippen LogP contribution < -0.4 is 10.6 Å². The van der Waals surface area contributed by atoms with Crippen molar-refractivity contribution >= 4 is 73.4 Å². The van der Waals surface area contributed by atoms with Crippen molar-refractivity contribution in [2.75, 3.05) is 13.7 Å². The zero-order valence-corrected chi connectivity index (χ0v) is 23.2. The number of hydrogen-bond acceptors (Lipinski definition) is 5. The molecule has 0 spiro atoms. The summed E-state index contributed by atoms with van der Waals surface area (Å²) in [6.07, 6.45) is 0. The minimum atomic E-state index is -3.89. The van der Waals surface area contributed by atoms with E-state index < -0.39 is 24.3 Å². The van der Waals surface area contributed by atoms with Gasteiger partial charge < -0.3 is 9.26 Å². The van der Waals surface area contributed by atoms with E-state index in [9.17, 15) is 13.6 Å². The molecule has 0 saturated carbocycles. The molecule has 10 heteroatoms. The quantitative estimate of drug-likeness (QED) is 0.194.